The largest absolute Gasteiger partial charge is 0.500 e. The number of halogens is 1. The second kappa shape index (κ2) is 25.3. The Labute approximate surface area is 195 Å². The summed E-state index contributed by atoms with van der Waals surface area (Å²) in [4.78, 5) is 0. The van der Waals surface area contributed by atoms with E-state index in [4.69, 9.17) is 19.0 Å². The summed E-state index contributed by atoms with van der Waals surface area (Å²) in [6, 6.07) is 0.929. The van der Waals surface area contributed by atoms with Gasteiger partial charge in [-0.2, -0.15) is 0 Å². The van der Waals surface area contributed by atoms with Crippen LogP contribution in [-0.2, 0) is 13.3 Å². The first-order chi connectivity index (χ1) is 14.2. The van der Waals surface area contributed by atoms with Gasteiger partial charge in [0.05, 0.1) is 0 Å². The smallest absolute Gasteiger partial charge is 0.377 e. The zero-order chi connectivity index (χ0) is 21.5. The van der Waals surface area contributed by atoms with Crippen LogP contribution in [0, 0.1) is 0 Å². The average Bonchev–Trinajstić information content (AvgIpc) is 2.75. The fourth-order valence-electron chi connectivity index (χ4n) is 3.75. The van der Waals surface area contributed by atoms with Crippen molar-refractivity contribution in [1.82, 2.24) is 0 Å². The molecule has 0 radical (unpaired) electrons. The van der Waals surface area contributed by atoms with Crippen LogP contribution >= 0.6 is 12.4 Å². The molecule has 0 saturated heterocycles. The SMILES string of the molecule is CO[Si](CCCCCCCCCCCC=CCCCCCCCCN)(OC)OC.Cl. The van der Waals surface area contributed by atoms with Crippen LogP contribution in [0.5, 0.6) is 0 Å². The van der Waals surface area contributed by atoms with Crippen molar-refractivity contribution in [3.05, 3.63) is 12.2 Å². The zero-order valence-corrected chi connectivity index (χ0v) is 22.1. The van der Waals surface area contributed by atoms with Gasteiger partial charge in [0.15, 0.2) is 0 Å². The van der Waals surface area contributed by atoms with E-state index in [2.05, 4.69) is 12.2 Å². The molecule has 0 unspecified atom stereocenters. The van der Waals surface area contributed by atoms with E-state index in [0.29, 0.717) is 0 Å². The van der Waals surface area contributed by atoms with Crippen molar-refractivity contribution in [3.63, 3.8) is 0 Å². The van der Waals surface area contributed by atoms with Gasteiger partial charge in [-0.1, -0.05) is 82.8 Å². The molecule has 30 heavy (non-hydrogen) atoms. The number of unbranched alkanes of at least 4 members (excludes halogenated alkanes) is 15. The zero-order valence-electron chi connectivity index (χ0n) is 20.3. The van der Waals surface area contributed by atoms with Crippen LogP contribution in [0.1, 0.15) is 109 Å². The Morgan fingerprint density at radius 2 is 0.867 bits per heavy atom. The molecule has 0 aromatic carbocycles. The van der Waals surface area contributed by atoms with Gasteiger partial charge < -0.3 is 19.0 Å². The summed E-state index contributed by atoms with van der Waals surface area (Å²) in [5.41, 5.74) is 5.51. The maximum Gasteiger partial charge on any atom is 0.500 e. The van der Waals surface area contributed by atoms with Crippen molar-refractivity contribution in [2.45, 2.75) is 115 Å². The second-order valence-corrected chi connectivity index (χ2v) is 11.3. The number of hydrogen-bond donors (Lipinski definition) is 1. The molecule has 0 fully saturated rings. The van der Waals surface area contributed by atoms with Gasteiger partial charge in [-0.05, 0) is 45.1 Å². The highest BCUT2D eigenvalue weighted by Gasteiger charge is 2.36. The molecule has 182 valence electrons. The first kappa shape index (κ1) is 32.3. The number of allylic oxidation sites excluding steroid dienone is 2. The predicted octanol–water partition coefficient (Wildman–Crippen LogP) is 7.43. The molecule has 0 spiro atoms. The molecule has 0 aromatic heterocycles. The monoisotopic (exact) mass is 465 g/mol. The van der Waals surface area contributed by atoms with Crippen molar-refractivity contribution in [1.29, 1.82) is 0 Å². The molecule has 2 N–H and O–H groups in total. The standard InChI is InChI=1S/C24H51NO3Si.ClH/c1-26-29(27-2,28-3)24-22-20-18-16-14-12-10-8-6-4-5-7-9-11-13-15-17-19-21-23-25;/h5,7H,4,6,8-25H2,1-3H3;1H. The van der Waals surface area contributed by atoms with Crippen molar-refractivity contribution >= 4 is 21.2 Å². The van der Waals surface area contributed by atoms with E-state index in [0.717, 1.165) is 19.0 Å². The molecule has 0 heterocycles. The fraction of sp³-hybridized carbons (Fsp3) is 0.917. The highest BCUT2D eigenvalue weighted by molar-refractivity contribution is 6.60. The molecule has 0 saturated carbocycles. The summed E-state index contributed by atoms with van der Waals surface area (Å²) in [6.45, 7) is 0.852. The Kier molecular flexibility index (Phi) is 27.3. The van der Waals surface area contributed by atoms with Gasteiger partial charge in [0.2, 0.25) is 0 Å². The lowest BCUT2D eigenvalue weighted by Crippen LogP contribution is -2.42. The maximum absolute atomic E-state index is 5.51. The van der Waals surface area contributed by atoms with E-state index in [-0.39, 0.29) is 12.4 Å². The van der Waals surface area contributed by atoms with Gasteiger partial charge in [0.25, 0.3) is 0 Å². The summed E-state index contributed by atoms with van der Waals surface area (Å²) >= 11 is 0. The van der Waals surface area contributed by atoms with E-state index in [1.54, 1.807) is 21.3 Å². The number of nitrogens with two attached hydrogens (primary N) is 1. The van der Waals surface area contributed by atoms with Crippen molar-refractivity contribution < 1.29 is 13.3 Å². The highest BCUT2D eigenvalue weighted by atomic mass is 35.5. The Hall–Kier alpha value is 0.0869. The van der Waals surface area contributed by atoms with Gasteiger partial charge in [-0.3, -0.25) is 0 Å². The van der Waals surface area contributed by atoms with Gasteiger partial charge in [0.1, 0.15) is 0 Å². The Morgan fingerprint density at radius 1 is 0.533 bits per heavy atom. The molecule has 0 rings (SSSR count). The highest BCUT2D eigenvalue weighted by Crippen LogP contribution is 2.18. The Balaban J connectivity index is 0. The average molecular weight is 466 g/mol. The lowest BCUT2D eigenvalue weighted by molar-refractivity contribution is 0.122. The van der Waals surface area contributed by atoms with Crippen LogP contribution in [0.2, 0.25) is 6.04 Å². The first-order valence-electron chi connectivity index (χ1n) is 12.2. The second-order valence-electron chi connectivity index (χ2n) is 8.19. The van der Waals surface area contributed by atoms with E-state index in [9.17, 15) is 0 Å². The lowest BCUT2D eigenvalue weighted by atomic mass is 10.1. The molecular weight excluding hydrogens is 414 g/mol. The van der Waals surface area contributed by atoms with Gasteiger partial charge in [0, 0.05) is 27.4 Å². The normalized spacial score (nSPS) is 11.9. The lowest BCUT2D eigenvalue weighted by Gasteiger charge is -2.24. The minimum absolute atomic E-state index is 0. The summed E-state index contributed by atoms with van der Waals surface area (Å²) in [7, 11) is 2.75. The summed E-state index contributed by atoms with van der Waals surface area (Å²) in [6.07, 6.45) is 27.3. The minimum atomic E-state index is -2.34. The van der Waals surface area contributed by atoms with Gasteiger partial charge >= 0.3 is 8.80 Å². The first-order valence-corrected chi connectivity index (χ1v) is 14.2. The van der Waals surface area contributed by atoms with Crippen LogP contribution in [0.25, 0.3) is 0 Å². The Bertz CT molecular complexity index is 347. The molecule has 6 heteroatoms. The van der Waals surface area contributed by atoms with Crippen LogP contribution in [0.15, 0.2) is 12.2 Å². The maximum atomic E-state index is 5.51. The van der Waals surface area contributed by atoms with Gasteiger partial charge in [-0.15, -0.1) is 12.4 Å². The van der Waals surface area contributed by atoms with E-state index < -0.39 is 8.80 Å². The molecule has 0 bridgehead atoms. The van der Waals surface area contributed by atoms with E-state index in [1.807, 2.05) is 0 Å². The van der Waals surface area contributed by atoms with Gasteiger partial charge in [-0.25, -0.2) is 0 Å². The van der Waals surface area contributed by atoms with E-state index >= 15 is 0 Å². The molecule has 4 nitrogen and oxygen atoms in total. The third-order valence-electron chi connectivity index (χ3n) is 5.78. The third-order valence-corrected chi connectivity index (χ3v) is 8.61. The number of hydrogen-bond acceptors (Lipinski definition) is 4. The van der Waals surface area contributed by atoms with E-state index in [1.165, 1.54) is 103 Å². The van der Waals surface area contributed by atoms with Crippen molar-refractivity contribution in [2.75, 3.05) is 27.9 Å². The van der Waals surface area contributed by atoms with Crippen molar-refractivity contribution in [3.8, 4) is 0 Å². The quantitative estimate of drug-likeness (QED) is 0.0967. The molecule has 0 aliphatic rings. The molecular formula is C24H52ClNO3Si. The topological polar surface area (TPSA) is 53.7 Å². The molecule has 0 amide bonds. The number of rotatable bonds is 23. The summed E-state index contributed by atoms with van der Waals surface area (Å²) in [5.74, 6) is 0. The molecule has 0 aliphatic heterocycles. The molecule has 0 aliphatic carbocycles. The minimum Gasteiger partial charge on any atom is -0.377 e. The fourth-order valence-corrected chi connectivity index (χ4v) is 5.54. The molecule has 0 aromatic rings. The van der Waals surface area contributed by atoms with Crippen LogP contribution in [-0.4, -0.2) is 36.7 Å². The summed E-state index contributed by atoms with van der Waals surface area (Å²) in [5, 5.41) is 0. The van der Waals surface area contributed by atoms with Crippen molar-refractivity contribution in [2.24, 2.45) is 5.73 Å². The summed E-state index contributed by atoms with van der Waals surface area (Å²) < 4.78 is 16.4. The predicted molar refractivity (Wildman–Crippen MR) is 136 cm³/mol. The third kappa shape index (κ3) is 20.0. The van der Waals surface area contributed by atoms with Crippen LogP contribution in [0.4, 0.5) is 0 Å². The molecule has 0 atom stereocenters. The van der Waals surface area contributed by atoms with Crippen LogP contribution in [0.3, 0.4) is 0 Å². The Morgan fingerprint density at radius 3 is 1.23 bits per heavy atom. The van der Waals surface area contributed by atoms with Crippen LogP contribution < -0.4 is 5.73 Å².